The van der Waals surface area contributed by atoms with Gasteiger partial charge in [0, 0.05) is 29.4 Å². The molecule has 0 spiro atoms. The average molecular weight is 247 g/mol. The van der Waals surface area contributed by atoms with Crippen LogP contribution in [0.1, 0.15) is 80.9 Å². The summed E-state index contributed by atoms with van der Waals surface area (Å²) in [7, 11) is 0. The first-order valence-corrected chi connectivity index (χ1v) is 7.27. The molecule has 0 radical (unpaired) electrons. The number of aromatic nitrogens is 2. The van der Waals surface area contributed by atoms with E-state index in [1.54, 1.807) is 0 Å². The molecule has 0 bridgehead atoms. The lowest BCUT2D eigenvalue weighted by Gasteiger charge is -2.19. The molecule has 0 saturated heterocycles. The van der Waals surface area contributed by atoms with E-state index in [9.17, 15) is 0 Å². The molecule has 1 atom stereocenters. The zero-order valence-corrected chi connectivity index (χ0v) is 11.7. The summed E-state index contributed by atoms with van der Waals surface area (Å²) in [5.41, 5.74) is 8.04. The van der Waals surface area contributed by atoms with Gasteiger partial charge in [-0.3, -0.25) is 0 Å². The van der Waals surface area contributed by atoms with Gasteiger partial charge in [-0.05, 0) is 26.7 Å². The van der Waals surface area contributed by atoms with Crippen molar-refractivity contribution in [2.45, 2.75) is 70.8 Å². The van der Waals surface area contributed by atoms with Crippen molar-refractivity contribution in [3.05, 3.63) is 23.3 Å². The molecule has 18 heavy (non-hydrogen) atoms. The van der Waals surface area contributed by atoms with Crippen molar-refractivity contribution in [1.29, 1.82) is 0 Å². The molecule has 1 aromatic heterocycles. The smallest absolute Gasteiger partial charge is 0.131 e. The van der Waals surface area contributed by atoms with Crippen molar-refractivity contribution < 1.29 is 0 Å². The van der Waals surface area contributed by atoms with E-state index in [4.69, 9.17) is 10.7 Å². The summed E-state index contributed by atoms with van der Waals surface area (Å²) in [6, 6.07) is 0.0244. The molecule has 1 aliphatic rings. The van der Waals surface area contributed by atoms with Crippen LogP contribution in [0.25, 0.3) is 0 Å². The van der Waals surface area contributed by atoms with Gasteiger partial charge >= 0.3 is 0 Å². The molecule has 1 aromatic rings. The second kappa shape index (κ2) is 6.28. The normalized spacial score (nSPS) is 20.2. The number of hydrogen-bond acceptors (Lipinski definition) is 3. The lowest BCUT2D eigenvalue weighted by atomic mass is 9.90. The molecule has 1 saturated carbocycles. The zero-order valence-electron chi connectivity index (χ0n) is 11.7. The topological polar surface area (TPSA) is 51.8 Å². The largest absolute Gasteiger partial charge is 0.324 e. The van der Waals surface area contributed by atoms with Gasteiger partial charge in [-0.2, -0.15) is 0 Å². The Kier molecular flexibility index (Phi) is 4.70. The van der Waals surface area contributed by atoms with E-state index in [1.165, 1.54) is 44.9 Å². The van der Waals surface area contributed by atoms with Crippen LogP contribution < -0.4 is 5.73 Å². The minimum absolute atomic E-state index is 0.0244. The van der Waals surface area contributed by atoms with Crippen molar-refractivity contribution in [2.75, 3.05) is 0 Å². The lowest BCUT2D eigenvalue weighted by Crippen LogP contribution is -2.13. The minimum Gasteiger partial charge on any atom is -0.324 e. The highest BCUT2D eigenvalue weighted by Crippen LogP contribution is 2.29. The summed E-state index contributed by atoms with van der Waals surface area (Å²) in [5.74, 6) is 1.60. The van der Waals surface area contributed by atoms with Crippen molar-refractivity contribution in [3.8, 4) is 0 Å². The molecule has 0 aromatic carbocycles. The Bertz CT molecular complexity index is 379. The number of hydrogen-bond donors (Lipinski definition) is 1. The Morgan fingerprint density at radius 1 is 1.17 bits per heavy atom. The van der Waals surface area contributed by atoms with Crippen LogP contribution in [0.2, 0.25) is 0 Å². The maximum absolute atomic E-state index is 5.91. The average Bonchev–Trinajstić information content (AvgIpc) is 2.27. The molecule has 0 amide bonds. The SMILES string of the molecule is Cc1nc(C2CCCCCCC2)ncc1[C@@H](C)N. The van der Waals surface area contributed by atoms with Crippen LogP contribution in [0.5, 0.6) is 0 Å². The molecular weight excluding hydrogens is 222 g/mol. The quantitative estimate of drug-likeness (QED) is 0.868. The lowest BCUT2D eigenvalue weighted by molar-refractivity contribution is 0.441. The monoisotopic (exact) mass is 247 g/mol. The molecule has 1 fully saturated rings. The maximum atomic E-state index is 5.91. The van der Waals surface area contributed by atoms with E-state index in [0.29, 0.717) is 5.92 Å². The second-order valence-corrected chi connectivity index (χ2v) is 5.60. The van der Waals surface area contributed by atoms with Gasteiger partial charge in [0.1, 0.15) is 5.82 Å². The number of nitrogens with two attached hydrogens (primary N) is 1. The van der Waals surface area contributed by atoms with Crippen LogP contribution in [-0.2, 0) is 0 Å². The van der Waals surface area contributed by atoms with E-state index in [-0.39, 0.29) is 6.04 Å². The third-order valence-electron chi connectivity index (χ3n) is 4.00. The summed E-state index contributed by atoms with van der Waals surface area (Å²) >= 11 is 0. The molecule has 2 N–H and O–H groups in total. The van der Waals surface area contributed by atoms with Gasteiger partial charge in [0.15, 0.2) is 0 Å². The fourth-order valence-corrected chi connectivity index (χ4v) is 2.85. The van der Waals surface area contributed by atoms with Crippen LogP contribution in [-0.4, -0.2) is 9.97 Å². The Labute approximate surface area is 110 Å². The summed E-state index contributed by atoms with van der Waals surface area (Å²) in [5, 5.41) is 0. The summed E-state index contributed by atoms with van der Waals surface area (Å²) < 4.78 is 0. The highest BCUT2D eigenvalue weighted by molar-refractivity contribution is 5.20. The standard InChI is InChI=1S/C15H25N3/c1-11(16)14-10-17-15(18-12(14)2)13-8-6-4-3-5-7-9-13/h10-11,13H,3-9,16H2,1-2H3/t11-/m1/s1. The van der Waals surface area contributed by atoms with Crippen molar-refractivity contribution in [2.24, 2.45) is 5.73 Å². The van der Waals surface area contributed by atoms with E-state index in [1.807, 2.05) is 20.0 Å². The highest BCUT2D eigenvalue weighted by atomic mass is 14.9. The fraction of sp³-hybridized carbons (Fsp3) is 0.733. The molecule has 0 unspecified atom stereocenters. The molecule has 3 nitrogen and oxygen atoms in total. The fourth-order valence-electron chi connectivity index (χ4n) is 2.85. The summed E-state index contributed by atoms with van der Waals surface area (Å²) in [4.78, 5) is 9.26. The highest BCUT2D eigenvalue weighted by Gasteiger charge is 2.17. The van der Waals surface area contributed by atoms with Crippen molar-refractivity contribution in [3.63, 3.8) is 0 Å². The summed E-state index contributed by atoms with van der Waals surface area (Å²) in [6.45, 7) is 4.04. The first-order chi connectivity index (χ1) is 8.68. The third kappa shape index (κ3) is 3.29. The van der Waals surface area contributed by atoms with Gasteiger partial charge in [0.05, 0.1) is 0 Å². The van der Waals surface area contributed by atoms with Gasteiger partial charge in [-0.1, -0.05) is 32.1 Å². The van der Waals surface area contributed by atoms with Crippen LogP contribution in [0.4, 0.5) is 0 Å². The van der Waals surface area contributed by atoms with Gasteiger partial charge in [0.2, 0.25) is 0 Å². The van der Waals surface area contributed by atoms with E-state index in [2.05, 4.69) is 4.98 Å². The van der Waals surface area contributed by atoms with Crippen molar-refractivity contribution in [1.82, 2.24) is 9.97 Å². The van der Waals surface area contributed by atoms with E-state index in [0.717, 1.165) is 17.1 Å². The molecular formula is C15H25N3. The Hall–Kier alpha value is -0.960. The first-order valence-electron chi connectivity index (χ1n) is 7.27. The Morgan fingerprint density at radius 2 is 1.78 bits per heavy atom. The molecule has 3 heteroatoms. The Morgan fingerprint density at radius 3 is 2.33 bits per heavy atom. The first kappa shape index (κ1) is 13.5. The molecule has 1 heterocycles. The second-order valence-electron chi connectivity index (χ2n) is 5.60. The maximum Gasteiger partial charge on any atom is 0.131 e. The van der Waals surface area contributed by atoms with Crippen LogP contribution in [0, 0.1) is 6.92 Å². The summed E-state index contributed by atoms with van der Waals surface area (Å²) in [6.07, 6.45) is 11.2. The predicted octanol–water partition coefficient (Wildman–Crippen LogP) is 3.63. The predicted molar refractivity (Wildman–Crippen MR) is 74.4 cm³/mol. The van der Waals surface area contributed by atoms with Crippen LogP contribution in [0.3, 0.4) is 0 Å². The van der Waals surface area contributed by atoms with Gasteiger partial charge in [-0.25, -0.2) is 9.97 Å². The number of aryl methyl sites for hydroxylation is 1. The number of rotatable bonds is 2. The molecule has 2 rings (SSSR count). The minimum atomic E-state index is 0.0244. The number of nitrogens with zero attached hydrogens (tertiary/aromatic N) is 2. The molecule has 0 aliphatic heterocycles. The molecule has 1 aliphatic carbocycles. The zero-order chi connectivity index (χ0) is 13.0. The van der Waals surface area contributed by atoms with Gasteiger partial charge < -0.3 is 5.73 Å². The van der Waals surface area contributed by atoms with E-state index >= 15 is 0 Å². The van der Waals surface area contributed by atoms with Crippen molar-refractivity contribution >= 4 is 0 Å². The molecule has 100 valence electrons. The van der Waals surface area contributed by atoms with Crippen LogP contribution in [0.15, 0.2) is 6.20 Å². The van der Waals surface area contributed by atoms with Gasteiger partial charge in [0.25, 0.3) is 0 Å². The van der Waals surface area contributed by atoms with Gasteiger partial charge in [-0.15, -0.1) is 0 Å². The Balaban J connectivity index is 2.14. The van der Waals surface area contributed by atoms with E-state index < -0.39 is 0 Å². The van der Waals surface area contributed by atoms with Crippen LogP contribution >= 0.6 is 0 Å². The third-order valence-corrected chi connectivity index (χ3v) is 4.00.